The second-order valence-electron chi connectivity index (χ2n) is 5.21. The van der Waals surface area contributed by atoms with Crippen LogP contribution >= 0.6 is 11.6 Å². The van der Waals surface area contributed by atoms with Gasteiger partial charge in [-0.3, -0.25) is 9.69 Å². The summed E-state index contributed by atoms with van der Waals surface area (Å²) in [6.45, 7) is 8.90. The number of carbonyl (C=O) groups is 1. The van der Waals surface area contributed by atoms with Gasteiger partial charge in [0.2, 0.25) is 0 Å². The second kappa shape index (κ2) is 8.20. The molecule has 0 saturated heterocycles. The highest BCUT2D eigenvalue weighted by Crippen LogP contribution is 2.16. The molecule has 5 nitrogen and oxygen atoms in total. The summed E-state index contributed by atoms with van der Waals surface area (Å²) in [7, 11) is 3.73. The molecule has 0 saturated carbocycles. The SMILES string of the molecule is CCN(CC)[C@@H](C)CNC(=O)c1cc(Cl)nc(N(C)C)c1. The molecule has 0 aromatic carbocycles. The fraction of sp³-hybridized carbons (Fsp3) is 0.600. The molecule has 118 valence electrons. The third-order valence-electron chi connectivity index (χ3n) is 3.49. The summed E-state index contributed by atoms with van der Waals surface area (Å²) >= 11 is 5.97. The van der Waals surface area contributed by atoms with Crippen LogP contribution in [0.5, 0.6) is 0 Å². The molecule has 0 radical (unpaired) electrons. The summed E-state index contributed by atoms with van der Waals surface area (Å²) in [6, 6.07) is 3.63. The molecule has 1 amide bonds. The van der Waals surface area contributed by atoms with Gasteiger partial charge < -0.3 is 10.2 Å². The van der Waals surface area contributed by atoms with Crippen LogP contribution in [0.1, 0.15) is 31.1 Å². The minimum atomic E-state index is -0.124. The van der Waals surface area contributed by atoms with Crippen molar-refractivity contribution in [3.05, 3.63) is 22.8 Å². The van der Waals surface area contributed by atoms with Crippen molar-refractivity contribution in [1.29, 1.82) is 0 Å². The number of carbonyl (C=O) groups excluding carboxylic acids is 1. The van der Waals surface area contributed by atoms with E-state index in [0.717, 1.165) is 13.1 Å². The summed E-state index contributed by atoms with van der Waals surface area (Å²) in [6.07, 6.45) is 0. The zero-order chi connectivity index (χ0) is 16.0. The van der Waals surface area contributed by atoms with E-state index in [-0.39, 0.29) is 5.91 Å². The van der Waals surface area contributed by atoms with Gasteiger partial charge in [-0.2, -0.15) is 0 Å². The number of anilines is 1. The van der Waals surface area contributed by atoms with Crippen molar-refractivity contribution in [3.63, 3.8) is 0 Å². The Morgan fingerprint density at radius 3 is 2.48 bits per heavy atom. The summed E-state index contributed by atoms with van der Waals surface area (Å²) in [5, 5.41) is 3.28. The van der Waals surface area contributed by atoms with E-state index in [1.54, 1.807) is 12.1 Å². The van der Waals surface area contributed by atoms with Gasteiger partial charge in [0.05, 0.1) is 0 Å². The molecule has 1 heterocycles. The zero-order valence-corrected chi connectivity index (χ0v) is 14.2. The average Bonchev–Trinajstić information content (AvgIpc) is 2.45. The maximum atomic E-state index is 12.2. The predicted octanol–water partition coefficient (Wildman–Crippen LogP) is 2.26. The summed E-state index contributed by atoms with van der Waals surface area (Å²) in [5.41, 5.74) is 0.533. The van der Waals surface area contributed by atoms with E-state index in [0.29, 0.717) is 29.1 Å². The van der Waals surface area contributed by atoms with E-state index in [1.807, 2.05) is 19.0 Å². The lowest BCUT2D eigenvalue weighted by Crippen LogP contribution is -2.42. The van der Waals surface area contributed by atoms with Crippen molar-refractivity contribution < 1.29 is 4.79 Å². The number of aromatic nitrogens is 1. The van der Waals surface area contributed by atoms with Crippen molar-refractivity contribution in [2.75, 3.05) is 38.6 Å². The maximum Gasteiger partial charge on any atom is 0.251 e. The smallest absolute Gasteiger partial charge is 0.251 e. The first-order chi connectivity index (χ1) is 9.88. The molecule has 1 N–H and O–H groups in total. The van der Waals surface area contributed by atoms with Crippen molar-refractivity contribution >= 4 is 23.3 Å². The van der Waals surface area contributed by atoms with Gasteiger partial charge in [-0.1, -0.05) is 25.4 Å². The molecule has 1 atom stereocenters. The number of rotatable bonds is 7. The number of amides is 1. The average molecular weight is 313 g/mol. The van der Waals surface area contributed by atoms with Crippen LogP contribution in [0, 0.1) is 0 Å². The van der Waals surface area contributed by atoms with Crippen molar-refractivity contribution in [2.45, 2.75) is 26.8 Å². The minimum absolute atomic E-state index is 0.124. The largest absolute Gasteiger partial charge is 0.363 e. The van der Waals surface area contributed by atoms with Gasteiger partial charge in [0, 0.05) is 32.2 Å². The molecule has 0 aliphatic carbocycles. The Bertz CT molecular complexity index is 475. The van der Waals surface area contributed by atoms with Crippen molar-refractivity contribution in [1.82, 2.24) is 15.2 Å². The molecule has 21 heavy (non-hydrogen) atoms. The lowest BCUT2D eigenvalue weighted by molar-refractivity contribution is 0.0938. The quantitative estimate of drug-likeness (QED) is 0.785. The van der Waals surface area contributed by atoms with Gasteiger partial charge in [0.15, 0.2) is 0 Å². The van der Waals surface area contributed by atoms with Crippen LogP contribution in [0.4, 0.5) is 5.82 Å². The fourth-order valence-corrected chi connectivity index (χ4v) is 2.37. The van der Waals surface area contributed by atoms with E-state index in [4.69, 9.17) is 11.6 Å². The highest BCUT2D eigenvalue weighted by atomic mass is 35.5. The number of likely N-dealkylation sites (N-methyl/N-ethyl adjacent to an activating group) is 1. The van der Waals surface area contributed by atoms with Crippen LogP contribution in [0.3, 0.4) is 0 Å². The third kappa shape index (κ3) is 5.17. The van der Waals surface area contributed by atoms with Crippen LogP contribution in [0.2, 0.25) is 5.15 Å². The summed E-state index contributed by atoms with van der Waals surface area (Å²) in [5.74, 6) is 0.547. The Morgan fingerprint density at radius 1 is 1.33 bits per heavy atom. The molecular weight excluding hydrogens is 288 g/mol. The first kappa shape index (κ1) is 17.7. The molecule has 1 aromatic heterocycles. The van der Waals surface area contributed by atoms with Gasteiger partial charge in [-0.25, -0.2) is 4.98 Å². The van der Waals surface area contributed by atoms with Crippen LogP contribution in [0.15, 0.2) is 12.1 Å². The van der Waals surface area contributed by atoms with Crippen LogP contribution in [-0.2, 0) is 0 Å². The molecule has 1 aromatic rings. The minimum Gasteiger partial charge on any atom is -0.363 e. The van der Waals surface area contributed by atoms with E-state index < -0.39 is 0 Å². The molecule has 0 aliphatic rings. The van der Waals surface area contributed by atoms with Gasteiger partial charge in [0.25, 0.3) is 5.91 Å². The third-order valence-corrected chi connectivity index (χ3v) is 3.69. The Labute approximate surface area is 132 Å². The number of halogens is 1. The van der Waals surface area contributed by atoms with Crippen LogP contribution in [0.25, 0.3) is 0 Å². The number of nitrogens with zero attached hydrogens (tertiary/aromatic N) is 3. The summed E-state index contributed by atoms with van der Waals surface area (Å²) in [4.78, 5) is 20.5. The molecule has 1 rings (SSSR count). The van der Waals surface area contributed by atoms with E-state index in [9.17, 15) is 4.79 Å². The number of hydrogen-bond acceptors (Lipinski definition) is 4. The van der Waals surface area contributed by atoms with E-state index >= 15 is 0 Å². The predicted molar refractivity (Wildman–Crippen MR) is 88.3 cm³/mol. The number of nitrogens with one attached hydrogen (secondary N) is 1. The number of hydrogen-bond donors (Lipinski definition) is 1. The molecule has 6 heteroatoms. The van der Waals surface area contributed by atoms with Gasteiger partial charge >= 0.3 is 0 Å². The van der Waals surface area contributed by atoms with Crippen molar-refractivity contribution in [3.8, 4) is 0 Å². The van der Waals surface area contributed by atoms with E-state index in [1.165, 1.54) is 0 Å². The molecule has 0 aliphatic heterocycles. The first-order valence-corrected chi connectivity index (χ1v) is 7.64. The monoisotopic (exact) mass is 312 g/mol. The second-order valence-corrected chi connectivity index (χ2v) is 5.60. The summed E-state index contributed by atoms with van der Waals surface area (Å²) < 4.78 is 0. The zero-order valence-electron chi connectivity index (χ0n) is 13.5. The molecule has 0 unspecified atom stereocenters. The highest BCUT2D eigenvalue weighted by Gasteiger charge is 2.14. The van der Waals surface area contributed by atoms with Gasteiger partial charge in [0.1, 0.15) is 11.0 Å². The Hall–Kier alpha value is -1.33. The first-order valence-electron chi connectivity index (χ1n) is 7.26. The maximum absolute atomic E-state index is 12.2. The van der Waals surface area contributed by atoms with Crippen molar-refractivity contribution in [2.24, 2.45) is 0 Å². The van der Waals surface area contributed by atoms with Crippen LogP contribution < -0.4 is 10.2 Å². The Morgan fingerprint density at radius 2 is 1.95 bits per heavy atom. The van der Waals surface area contributed by atoms with Gasteiger partial charge in [-0.05, 0) is 32.1 Å². The van der Waals surface area contributed by atoms with E-state index in [2.05, 4.69) is 36.0 Å². The molecular formula is C15H25ClN4O. The number of pyridine rings is 1. The standard InChI is InChI=1S/C15H25ClN4O/c1-6-20(7-2)11(3)10-17-15(21)12-8-13(16)18-14(9-12)19(4)5/h8-9,11H,6-7,10H2,1-5H3,(H,17,21)/t11-/m0/s1. The molecule has 0 bridgehead atoms. The molecule has 0 spiro atoms. The van der Waals surface area contributed by atoms with Gasteiger partial charge in [-0.15, -0.1) is 0 Å². The van der Waals surface area contributed by atoms with Crippen LogP contribution in [-0.4, -0.2) is 55.6 Å². The fourth-order valence-electron chi connectivity index (χ4n) is 2.16. The lowest BCUT2D eigenvalue weighted by Gasteiger charge is -2.26. The topological polar surface area (TPSA) is 48.5 Å². The lowest BCUT2D eigenvalue weighted by atomic mass is 10.2. The Kier molecular flexibility index (Phi) is 6.92. The Balaban J connectivity index is 2.72. The highest BCUT2D eigenvalue weighted by molar-refractivity contribution is 6.29. The molecule has 0 fully saturated rings. The normalized spacial score (nSPS) is 12.3.